The Morgan fingerprint density at radius 3 is 2.86 bits per heavy atom. The van der Waals surface area contributed by atoms with Gasteiger partial charge in [0.2, 0.25) is 0 Å². The van der Waals surface area contributed by atoms with Gasteiger partial charge in [0.05, 0.1) is 6.20 Å². The van der Waals surface area contributed by atoms with Crippen molar-refractivity contribution in [3.8, 4) is 0 Å². The van der Waals surface area contributed by atoms with Crippen LogP contribution in [0, 0.1) is 5.41 Å². The summed E-state index contributed by atoms with van der Waals surface area (Å²) in [5.41, 5.74) is 1.80. The third-order valence-electron chi connectivity index (χ3n) is 3.08. The number of aromatic nitrogens is 2. The lowest BCUT2D eigenvalue weighted by molar-refractivity contribution is 0.541. The van der Waals surface area contributed by atoms with E-state index in [0.29, 0.717) is 11.5 Å². The van der Waals surface area contributed by atoms with E-state index in [2.05, 4.69) is 37.4 Å². The van der Waals surface area contributed by atoms with Gasteiger partial charge in [0.1, 0.15) is 0 Å². The first-order chi connectivity index (χ1) is 6.62. The fourth-order valence-electron chi connectivity index (χ4n) is 1.73. The van der Waals surface area contributed by atoms with Crippen molar-refractivity contribution in [3.05, 3.63) is 18.0 Å². The Labute approximate surface area is 85.5 Å². The van der Waals surface area contributed by atoms with Crippen molar-refractivity contribution in [2.24, 2.45) is 5.41 Å². The maximum Gasteiger partial charge on any atom is 0.0534 e. The van der Waals surface area contributed by atoms with Crippen molar-refractivity contribution in [2.45, 2.75) is 46.3 Å². The lowest BCUT2D eigenvalue weighted by Crippen LogP contribution is -2.19. The summed E-state index contributed by atoms with van der Waals surface area (Å²) in [5, 5.41) is 7.79. The summed E-state index contributed by atoms with van der Waals surface area (Å²) in [6.45, 7) is 8.62. The minimum Gasteiger partial charge on any atom is -0.309 e. The molecule has 2 rings (SSSR count). The van der Waals surface area contributed by atoms with Gasteiger partial charge in [0.15, 0.2) is 0 Å². The molecule has 3 nitrogen and oxygen atoms in total. The minimum absolute atomic E-state index is 0.515. The van der Waals surface area contributed by atoms with Crippen LogP contribution in [0.1, 0.15) is 32.8 Å². The zero-order valence-corrected chi connectivity index (χ0v) is 9.25. The SMILES string of the molecule is CCn1cc(CNC2CC2(C)C)cn1. The van der Waals surface area contributed by atoms with Crippen LogP contribution in [-0.2, 0) is 13.1 Å². The fraction of sp³-hybridized carbons (Fsp3) is 0.727. The van der Waals surface area contributed by atoms with Gasteiger partial charge in [0.25, 0.3) is 0 Å². The fourth-order valence-corrected chi connectivity index (χ4v) is 1.73. The van der Waals surface area contributed by atoms with Gasteiger partial charge in [-0.1, -0.05) is 13.8 Å². The molecule has 1 aliphatic rings. The summed E-state index contributed by atoms with van der Waals surface area (Å²) in [7, 11) is 0. The number of hydrogen-bond donors (Lipinski definition) is 1. The zero-order chi connectivity index (χ0) is 10.2. The molecule has 14 heavy (non-hydrogen) atoms. The summed E-state index contributed by atoms with van der Waals surface area (Å²) in [4.78, 5) is 0. The number of aryl methyl sites for hydroxylation is 1. The first-order valence-electron chi connectivity index (χ1n) is 5.36. The second-order valence-corrected chi connectivity index (χ2v) is 4.83. The first kappa shape index (κ1) is 9.71. The standard InChI is InChI=1S/C11H19N3/c1-4-14-8-9(7-13-14)6-12-10-5-11(10,2)3/h7-8,10,12H,4-6H2,1-3H3. The average molecular weight is 193 g/mol. The number of hydrogen-bond acceptors (Lipinski definition) is 2. The van der Waals surface area contributed by atoms with Gasteiger partial charge in [-0.15, -0.1) is 0 Å². The van der Waals surface area contributed by atoms with Crippen LogP contribution < -0.4 is 5.32 Å². The zero-order valence-electron chi connectivity index (χ0n) is 9.25. The maximum atomic E-state index is 4.25. The Hall–Kier alpha value is -0.830. The molecule has 0 aromatic carbocycles. The number of nitrogens with zero attached hydrogens (tertiary/aromatic N) is 2. The molecular formula is C11H19N3. The summed E-state index contributed by atoms with van der Waals surface area (Å²) >= 11 is 0. The van der Waals surface area contributed by atoms with Gasteiger partial charge < -0.3 is 5.32 Å². The van der Waals surface area contributed by atoms with E-state index in [-0.39, 0.29) is 0 Å². The van der Waals surface area contributed by atoms with Crippen LogP contribution in [0.2, 0.25) is 0 Å². The molecule has 0 radical (unpaired) electrons. The van der Waals surface area contributed by atoms with E-state index in [4.69, 9.17) is 0 Å². The molecule has 0 saturated heterocycles. The topological polar surface area (TPSA) is 29.9 Å². The Bertz CT molecular complexity index is 314. The van der Waals surface area contributed by atoms with Gasteiger partial charge in [0, 0.05) is 30.9 Å². The highest BCUT2D eigenvalue weighted by atomic mass is 15.3. The molecule has 1 aromatic heterocycles. The molecule has 0 amide bonds. The molecule has 0 bridgehead atoms. The van der Waals surface area contributed by atoms with Crippen LogP contribution in [0.3, 0.4) is 0 Å². The molecule has 0 aliphatic heterocycles. The van der Waals surface area contributed by atoms with Crippen LogP contribution in [0.25, 0.3) is 0 Å². The molecule has 1 fully saturated rings. The quantitative estimate of drug-likeness (QED) is 0.790. The monoisotopic (exact) mass is 193 g/mol. The van der Waals surface area contributed by atoms with E-state index in [9.17, 15) is 0 Å². The predicted octanol–water partition coefficient (Wildman–Crippen LogP) is 1.79. The molecule has 1 saturated carbocycles. The Kier molecular flexibility index (Phi) is 2.35. The summed E-state index contributed by atoms with van der Waals surface area (Å²) in [6.07, 6.45) is 5.36. The average Bonchev–Trinajstić information content (AvgIpc) is 2.62. The number of rotatable bonds is 4. The van der Waals surface area contributed by atoms with E-state index >= 15 is 0 Å². The van der Waals surface area contributed by atoms with E-state index in [1.165, 1.54) is 12.0 Å². The number of nitrogens with one attached hydrogen (secondary N) is 1. The molecule has 1 unspecified atom stereocenters. The predicted molar refractivity (Wildman–Crippen MR) is 56.9 cm³/mol. The smallest absolute Gasteiger partial charge is 0.0534 e. The molecule has 1 aromatic rings. The molecular weight excluding hydrogens is 174 g/mol. The maximum absolute atomic E-state index is 4.25. The third kappa shape index (κ3) is 1.98. The highest BCUT2D eigenvalue weighted by Crippen LogP contribution is 2.44. The molecule has 3 heteroatoms. The summed E-state index contributed by atoms with van der Waals surface area (Å²) in [6, 6.07) is 0.701. The lowest BCUT2D eigenvalue weighted by Gasteiger charge is -2.04. The van der Waals surface area contributed by atoms with Crippen molar-refractivity contribution >= 4 is 0 Å². The van der Waals surface area contributed by atoms with Gasteiger partial charge in [-0.25, -0.2) is 0 Å². The van der Waals surface area contributed by atoms with E-state index < -0.39 is 0 Å². The Balaban J connectivity index is 1.81. The molecule has 0 spiro atoms. The van der Waals surface area contributed by atoms with Crippen LogP contribution in [-0.4, -0.2) is 15.8 Å². The van der Waals surface area contributed by atoms with Crippen molar-refractivity contribution in [2.75, 3.05) is 0 Å². The summed E-state index contributed by atoms with van der Waals surface area (Å²) in [5.74, 6) is 0. The molecule has 1 heterocycles. The molecule has 1 aliphatic carbocycles. The van der Waals surface area contributed by atoms with Crippen LogP contribution in [0.5, 0.6) is 0 Å². The van der Waals surface area contributed by atoms with Crippen LogP contribution >= 0.6 is 0 Å². The largest absolute Gasteiger partial charge is 0.309 e. The van der Waals surface area contributed by atoms with Gasteiger partial charge in [-0.05, 0) is 18.8 Å². The van der Waals surface area contributed by atoms with E-state index in [1.807, 2.05) is 10.9 Å². The van der Waals surface area contributed by atoms with Gasteiger partial charge in [-0.2, -0.15) is 5.10 Å². The van der Waals surface area contributed by atoms with Crippen LogP contribution in [0.4, 0.5) is 0 Å². The van der Waals surface area contributed by atoms with Gasteiger partial charge in [-0.3, -0.25) is 4.68 Å². The lowest BCUT2D eigenvalue weighted by atomic mass is 10.2. The first-order valence-corrected chi connectivity index (χ1v) is 5.36. The summed E-state index contributed by atoms with van der Waals surface area (Å²) < 4.78 is 1.97. The van der Waals surface area contributed by atoms with Crippen molar-refractivity contribution in [3.63, 3.8) is 0 Å². The molecule has 78 valence electrons. The van der Waals surface area contributed by atoms with Crippen molar-refractivity contribution in [1.82, 2.24) is 15.1 Å². The Morgan fingerprint density at radius 1 is 1.64 bits per heavy atom. The highest BCUT2D eigenvalue weighted by Gasteiger charge is 2.44. The normalized spacial score (nSPS) is 23.8. The van der Waals surface area contributed by atoms with Crippen molar-refractivity contribution < 1.29 is 0 Å². The van der Waals surface area contributed by atoms with Crippen LogP contribution in [0.15, 0.2) is 12.4 Å². The van der Waals surface area contributed by atoms with E-state index in [1.54, 1.807) is 0 Å². The van der Waals surface area contributed by atoms with E-state index in [0.717, 1.165) is 13.1 Å². The molecule has 1 N–H and O–H groups in total. The second kappa shape index (κ2) is 3.39. The Morgan fingerprint density at radius 2 is 2.36 bits per heavy atom. The molecule has 1 atom stereocenters. The van der Waals surface area contributed by atoms with Crippen molar-refractivity contribution in [1.29, 1.82) is 0 Å². The highest BCUT2D eigenvalue weighted by molar-refractivity contribution is 5.07. The minimum atomic E-state index is 0.515. The second-order valence-electron chi connectivity index (χ2n) is 4.83. The van der Waals surface area contributed by atoms with Gasteiger partial charge >= 0.3 is 0 Å². The third-order valence-corrected chi connectivity index (χ3v) is 3.08.